The fourth-order valence-corrected chi connectivity index (χ4v) is 2.24. The van der Waals surface area contributed by atoms with Gasteiger partial charge in [-0.25, -0.2) is 0 Å². The first-order valence-electron chi connectivity index (χ1n) is 5.00. The lowest BCUT2D eigenvalue weighted by Gasteiger charge is -2.13. The highest BCUT2D eigenvalue weighted by atomic mass is 32.2. The molecule has 0 aliphatic heterocycles. The van der Waals surface area contributed by atoms with Gasteiger partial charge in [-0.2, -0.15) is 0 Å². The Hall–Kier alpha value is -1.16. The molecular weight excluding hydrogens is 224 g/mol. The van der Waals surface area contributed by atoms with Crippen LogP contribution in [0.4, 0.5) is 0 Å². The maximum Gasteiger partial charge on any atom is 0.316 e. The SMILES string of the molecule is COc1cc(C)c(C)cc1SC(C)C(=O)O. The van der Waals surface area contributed by atoms with Gasteiger partial charge in [-0.1, -0.05) is 0 Å². The molecule has 1 rings (SSSR count). The molecule has 0 saturated carbocycles. The highest BCUT2D eigenvalue weighted by Gasteiger charge is 2.16. The molecule has 4 heteroatoms. The van der Waals surface area contributed by atoms with Crippen molar-refractivity contribution in [2.24, 2.45) is 0 Å². The molecule has 16 heavy (non-hydrogen) atoms. The van der Waals surface area contributed by atoms with E-state index in [0.717, 1.165) is 21.8 Å². The van der Waals surface area contributed by atoms with E-state index >= 15 is 0 Å². The molecule has 0 bridgehead atoms. The van der Waals surface area contributed by atoms with Gasteiger partial charge in [0.15, 0.2) is 0 Å². The summed E-state index contributed by atoms with van der Waals surface area (Å²) < 4.78 is 5.25. The molecular formula is C12H16O3S. The summed E-state index contributed by atoms with van der Waals surface area (Å²) in [6, 6.07) is 3.91. The van der Waals surface area contributed by atoms with E-state index in [-0.39, 0.29) is 0 Å². The summed E-state index contributed by atoms with van der Waals surface area (Å²) in [4.78, 5) is 11.7. The van der Waals surface area contributed by atoms with Crippen LogP contribution in [0.1, 0.15) is 18.1 Å². The molecule has 1 aromatic carbocycles. The van der Waals surface area contributed by atoms with Gasteiger partial charge < -0.3 is 9.84 Å². The van der Waals surface area contributed by atoms with Gasteiger partial charge in [0.05, 0.1) is 12.0 Å². The van der Waals surface area contributed by atoms with Gasteiger partial charge in [0.25, 0.3) is 0 Å². The van der Waals surface area contributed by atoms with Crippen LogP contribution in [0.25, 0.3) is 0 Å². The summed E-state index contributed by atoms with van der Waals surface area (Å²) in [7, 11) is 1.60. The minimum atomic E-state index is -0.815. The Labute approximate surface area is 99.8 Å². The number of methoxy groups -OCH3 is 1. The van der Waals surface area contributed by atoms with E-state index in [1.54, 1.807) is 14.0 Å². The second kappa shape index (κ2) is 5.25. The Balaban J connectivity index is 3.03. The van der Waals surface area contributed by atoms with Crippen molar-refractivity contribution in [3.05, 3.63) is 23.3 Å². The summed E-state index contributed by atoms with van der Waals surface area (Å²) in [5, 5.41) is 8.39. The van der Waals surface area contributed by atoms with Crippen molar-refractivity contribution < 1.29 is 14.6 Å². The predicted octanol–water partition coefficient (Wildman–Crippen LogP) is 2.88. The number of aliphatic carboxylic acids is 1. The molecule has 0 aliphatic rings. The Morgan fingerprint density at radius 3 is 2.44 bits per heavy atom. The smallest absolute Gasteiger partial charge is 0.316 e. The monoisotopic (exact) mass is 240 g/mol. The van der Waals surface area contributed by atoms with Crippen LogP contribution in [0.15, 0.2) is 17.0 Å². The van der Waals surface area contributed by atoms with Crippen LogP contribution in [0, 0.1) is 13.8 Å². The van der Waals surface area contributed by atoms with Gasteiger partial charge in [0.1, 0.15) is 11.0 Å². The van der Waals surface area contributed by atoms with Crippen molar-refractivity contribution in [1.29, 1.82) is 0 Å². The Morgan fingerprint density at radius 1 is 1.38 bits per heavy atom. The van der Waals surface area contributed by atoms with E-state index in [2.05, 4.69) is 0 Å². The quantitative estimate of drug-likeness (QED) is 0.822. The van der Waals surface area contributed by atoms with E-state index in [4.69, 9.17) is 9.84 Å². The molecule has 0 amide bonds. The van der Waals surface area contributed by atoms with Gasteiger partial charge in [0.2, 0.25) is 0 Å². The topological polar surface area (TPSA) is 46.5 Å². The summed E-state index contributed by atoms with van der Waals surface area (Å²) in [6.07, 6.45) is 0. The molecule has 0 aromatic heterocycles. The third-order valence-electron chi connectivity index (χ3n) is 2.43. The first kappa shape index (κ1) is 12.9. The molecule has 0 spiro atoms. The summed E-state index contributed by atoms with van der Waals surface area (Å²) >= 11 is 1.30. The summed E-state index contributed by atoms with van der Waals surface area (Å²) in [5.74, 6) is -0.0773. The van der Waals surface area contributed by atoms with E-state index in [1.165, 1.54) is 11.8 Å². The zero-order chi connectivity index (χ0) is 12.3. The minimum absolute atomic E-state index is 0.476. The highest BCUT2D eigenvalue weighted by Crippen LogP contribution is 2.34. The number of ether oxygens (including phenoxy) is 1. The number of aryl methyl sites for hydroxylation is 2. The number of rotatable bonds is 4. The van der Waals surface area contributed by atoms with E-state index < -0.39 is 11.2 Å². The zero-order valence-corrected chi connectivity index (χ0v) is 10.7. The lowest BCUT2D eigenvalue weighted by Crippen LogP contribution is -2.11. The lowest BCUT2D eigenvalue weighted by atomic mass is 10.1. The first-order valence-corrected chi connectivity index (χ1v) is 5.88. The van der Waals surface area contributed by atoms with Crippen molar-refractivity contribution in [3.8, 4) is 5.75 Å². The van der Waals surface area contributed by atoms with Crippen LogP contribution in [0.2, 0.25) is 0 Å². The maximum absolute atomic E-state index is 10.8. The molecule has 1 N–H and O–H groups in total. The largest absolute Gasteiger partial charge is 0.496 e. The van der Waals surface area contributed by atoms with Crippen molar-refractivity contribution in [2.75, 3.05) is 7.11 Å². The fourth-order valence-electron chi connectivity index (χ4n) is 1.26. The third kappa shape index (κ3) is 2.92. The summed E-state index contributed by atoms with van der Waals surface area (Å²) in [6.45, 7) is 5.68. The van der Waals surface area contributed by atoms with E-state index in [0.29, 0.717) is 0 Å². The average molecular weight is 240 g/mol. The fraction of sp³-hybridized carbons (Fsp3) is 0.417. The third-order valence-corrected chi connectivity index (χ3v) is 3.56. The summed E-state index contributed by atoms with van der Waals surface area (Å²) in [5.41, 5.74) is 2.28. The van der Waals surface area contributed by atoms with Crippen molar-refractivity contribution >= 4 is 17.7 Å². The molecule has 1 aromatic rings. The van der Waals surface area contributed by atoms with Gasteiger partial charge in [-0.15, -0.1) is 11.8 Å². The second-order valence-electron chi connectivity index (χ2n) is 3.69. The number of carboxylic acids is 1. The van der Waals surface area contributed by atoms with Crippen LogP contribution in [-0.4, -0.2) is 23.4 Å². The molecule has 0 radical (unpaired) electrons. The molecule has 3 nitrogen and oxygen atoms in total. The van der Waals surface area contributed by atoms with Gasteiger partial charge >= 0.3 is 5.97 Å². The van der Waals surface area contributed by atoms with Gasteiger partial charge in [0, 0.05) is 0 Å². The van der Waals surface area contributed by atoms with Crippen LogP contribution in [0.3, 0.4) is 0 Å². The first-order chi connectivity index (χ1) is 7.45. The molecule has 0 saturated heterocycles. The molecule has 0 fully saturated rings. The molecule has 88 valence electrons. The van der Waals surface area contributed by atoms with Crippen LogP contribution >= 0.6 is 11.8 Å². The zero-order valence-electron chi connectivity index (χ0n) is 9.90. The Bertz CT molecular complexity index is 401. The van der Waals surface area contributed by atoms with E-state index in [9.17, 15) is 4.79 Å². The highest BCUT2D eigenvalue weighted by molar-refractivity contribution is 8.00. The normalized spacial score (nSPS) is 12.2. The number of hydrogen-bond donors (Lipinski definition) is 1. The second-order valence-corrected chi connectivity index (χ2v) is 5.07. The number of benzene rings is 1. The Kier molecular flexibility index (Phi) is 4.24. The standard InChI is InChI=1S/C12H16O3S/c1-7-5-10(15-4)11(6-8(7)2)16-9(3)12(13)14/h5-6,9H,1-4H3,(H,13,14). The predicted molar refractivity (Wildman–Crippen MR) is 65.4 cm³/mol. The van der Waals surface area contributed by atoms with Crippen molar-refractivity contribution in [2.45, 2.75) is 30.9 Å². The lowest BCUT2D eigenvalue weighted by molar-refractivity contribution is -0.136. The molecule has 0 heterocycles. The van der Waals surface area contributed by atoms with E-state index in [1.807, 2.05) is 26.0 Å². The molecule has 1 atom stereocenters. The maximum atomic E-state index is 10.8. The Morgan fingerprint density at radius 2 is 1.94 bits per heavy atom. The van der Waals surface area contributed by atoms with Gasteiger partial charge in [-0.3, -0.25) is 4.79 Å². The average Bonchev–Trinajstić information content (AvgIpc) is 2.22. The number of carboxylic acid groups (broad SMARTS) is 1. The molecule has 1 unspecified atom stereocenters. The van der Waals surface area contributed by atoms with Gasteiger partial charge in [-0.05, 0) is 44.0 Å². The number of hydrogen-bond acceptors (Lipinski definition) is 3. The molecule has 0 aliphatic carbocycles. The van der Waals surface area contributed by atoms with Crippen LogP contribution in [0.5, 0.6) is 5.75 Å². The van der Waals surface area contributed by atoms with Crippen molar-refractivity contribution in [1.82, 2.24) is 0 Å². The van der Waals surface area contributed by atoms with Crippen LogP contribution < -0.4 is 4.74 Å². The number of carbonyl (C=O) groups is 1. The minimum Gasteiger partial charge on any atom is -0.496 e. The number of thioether (sulfide) groups is 1. The van der Waals surface area contributed by atoms with Crippen molar-refractivity contribution in [3.63, 3.8) is 0 Å². The van der Waals surface area contributed by atoms with Crippen LogP contribution in [-0.2, 0) is 4.79 Å².